The van der Waals surface area contributed by atoms with Crippen LogP contribution in [0.15, 0.2) is 60.9 Å². The van der Waals surface area contributed by atoms with Crippen molar-refractivity contribution in [3.63, 3.8) is 0 Å². The first-order valence-electron chi connectivity index (χ1n) is 9.22. The fraction of sp³-hybridized carbons (Fsp3) is 0.0952. The number of nitro benzene ring substituents is 1. The SMILES string of the molecule is Cc1cc(C#N)ccc1-c1ccnc(N(C)c2cn(-c3ccccc3[N+](=O)[O-])nn2)n1. The van der Waals surface area contributed by atoms with Gasteiger partial charge in [0.15, 0.2) is 5.82 Å². The fourth-order valence-corrected chi connectivity index (χ4v) is 3.12. The van der Waals surface area contributed by atoms with E-state index in [0.29, 0.717) is 28.7 Å². The van der Waals surface area contributed by atoms with Gasteiger partial charge in [0.05, 0.1) is 28.4 Å². The molecule has 4 rings (SSSR count). The lowest BCUT2D eigenvalue weighted by atomic mass is 10.0. The Hall–Kier alpha value is -4.65. The number of hydrogen-bond acceptors (Lipinski definition) is 8. The van der Waals surface area contributed by atoms with Gasteiger partial charge in [-0.05, 0) is 36.8 Å². The van der Waals surface area contributed by atoms with E-state index in [0.717, 1.165) is 11.1 Å². The zero-order valence-corrected chi connectivity index (χ0v) is 16.7. The molecule has 0 atom stereocenters. The van der Waals surface area contributed by atoms with E-state index in [9.17, 15) is 10.1 Å². The van der Waals surface area contributed by atoms with E-state index >= 15 is 0 Å². The minimum Gasteiger partial charge on any atom is -0.295 e. The van der Waals surface area contributed by atoms with E-state index < -0.39 is 4.92 Å². The minimum atomic E-state index is -0.465. The molecule has 4 aromatic rings. The molecule has 0 unspecified atom stereocenters. The first kappa shape index (κ1) is 19.7. The maximum absolute atomic E-state index is 11.3. The molecule has 0 amide bonds. The van der Waals surface area contributed by atoms with Crippen LogP contribution in [0, 0.1) is 28.4 Å². The standard InChI is InChI=1S/C21H16N8O2/c1-14-11-15(12-22)7-8-16(14)17-9-10-23-21(24-17)27(2)20-13-28(26-25-20)18-5-3-4-6-19(18)29(30)31/h3-11,13H,1-2H3. The molecule has 0 spiro atoms. The molecule has 31 heavy (non-hydrogen) atoms. The van der Waals surface area contributed by atoms with Crippen LogP contribution in [0.5, 0.6) is 0 Å². The highest BCUT2D eigenvalue weighted by Gasteiger charge is 2.18. The van der Waals surface area contributed by atoms with Crippen molar-refractivity contribution in [1.82, 2.24) is 25.0 Å². The molecule has 0 saturated heterocycles. The van der Waals surface area contributed by atoms with Crippen LogP contribution in [0.3, 0.4) is 0 Å². The molecular formula is C21H16N8O2. The summed E-state index contributed by atoms with van der Waals surface area (Å²) in [6.45, 7) is 1.92. The zero-order valence-electron chi connectivity index (χ0n) is 16.7. The van der Waals surface area contributed by atoms with Gasteiger partial charge in [-0.15, -0.1) is 5.10 Å². The second-order valence-corrected chi connectivity index (χ2v) is 6.71. The maximum Gasteiger partial charge on any atom is 0.294 e. The molecule has 0 radical (unpaired) electrons. The van der Waals surface area contributed by atoms with E-state index in [1.54, 1.807) is 60.7 Å². The largest absolute Gasteiger partial charge is 0.295 e. The van der Waals surface area contributed by atoms with Crippen molar-refractivity contribution >= 4 is 17.5 Å². The topological polar surface area (TPSA) is 127 Å². The summed E-state index contributed by atoms with van der Waals surface area (Å²) < 4.78 is 1.35. The summed E-state index contributed by atoms with van der Waals surface area (Å²) in [4.78, 5) is 21.4. The van der Waals surface area contributed by atoms with E-state index in [-0.39, 0.29) is 5.69 Å². The Kier molecular flexibility index (Phi) is 5.07. The monoisotopic (exact) mass is 412 g/mol. The summed E-state index contributed by atoms with van der Waals surface area (Å²) in [6, 6.07) is 15.6. The number of anilines is 2. The summed E-state index contributed by atoms with van der Waals surface area (Å²) in [5.41, 5.74) is 3.33. The van der Waals surface area contributed by atoms with Gasteiger partial charge in [0.25, 0.3) is 5.69 Å². The van der Waals surface area contributed by atoms with Crippen LogP contribution < -0.4 is 4.90 Å². The number of rotatable bonds is 5. The van der Waals surface area contributed by atoms with Crippen LogP contribution in [-0.2, 0) is 0 Å². The van der Waals surface area contributed by atoms with Crippen molar-refractivity contribution in [3.8, 4) is 23.0 Å². The lowest BCUT2D eigenvalue weighted by molar-refractivity contribution is -0.384. The van der Waals surface area contributed by atoms with Gasteiger partial charge < -0.3 is 0 Å². The first-order chi connectivity index (χ1) is 15.0. The summed E-state index contributed by atoms with van der Waals surface area (Å²) in [7, 11) is 1.73. The average molecular weight is 412 g/mol. The van der Waals surface area contributed by atoms with Gasteiger partial charge in [-0.1, -0.05) is 23.4 Å². The van der Waals surface area contributed by atoms with E-state index in [1.807, 2.05) is 13.0 Å². The van der Waals surface area contributed by atoms with Gasteiger partial charge in [0.1, 0.15) is 5.69 Å². The smallest absolute Gasteiger partial charge is 0.294 e. The van der Waals surface area contributed by atoms with Crippen molar-refractivity contribution in [3.05, 3.63) is 82.2 Å². The van der Waals surface area contributed by atoms with Gasteiger partial charge in [-0.3, -0.25) is 15.0 Å². The highest BCUT2D eigenvalue weighted by atomic mass is 16.6. The number of nitrogens with zero attached hydrogens (tertiary/aromatic N) is 8. The highest BCUT2D eigenvalue weighted by Crippen LogP contribution is 2.27. The zero-order chi connectivity index (χ0) is 22.0. The normalized spacial score (nSPS) is 10.5. The van der Waals surface area contributed by atoms with Gasteiger partial charge >= 0.3 is 0 Å². The molecule has 0 aliphatic carbocycles. The third-order valence-corrected chi connectivity index (χ3v) is 4.72. The van der Waals surface area contributed by atoms with Gasteiger partial charge in [0, 0.05) is 24.9 Å². The third-order valence-electron chi connectivity index (χ3n) is 4.72. The van der Waals surface area contributed by atoms with Gasteiger partial charge in [-0.25, -0.2) is 14.6 Å². The molecule has 0 fully saturated rings. The Labute approximate surface area is 177 Å². The lowest BCUT2D eigenvalue weighted by Crippen LogP contribution is -2.13. The van der Waals surface area contributed by atoms with Crippen molar-refractivity contribution in [2.45, 2.75) is 6.92 Å². The average Bonchev–Trinajstić information content (AvgIpc) is 3.28. The number of para-hydroxylation sites is 2. The summed E-state index contributed by atoms with van der Waals surface area (Å²) in [5, 5.41) is 28.5. The Bertz CT molecular complexity index is 1320. The van der Waals surface area contributed by atoms with Crippen LogP contribution in [0.4, 0.5) is 17.5 Å². The van der Waals surface area contributed by atoms with Crippen LogP contribution >= 0.6 is 0 Å². The van der Waals surface area contributed by atoms with Crippen LogP contribution in [0.1, 0.15) is 11.1 Å². The van der Waals surface area contributed by atoms with Crippen LogP contribution in [-0.4, -0.2) is 36.9 Å². The Balaban J connectivity index is 1.66. The predicted molar refractivity (Wildman–Crippen MR) is 113 cm³/mol. The molecule has 2 aromatic heterocycles. The summed E-state index contributed by atoms with van der Waals surface area (Å²) >= 11 is 0. The van der Waals surface area contributed by atoms with Crippen molar-refractivity contribution < 1.29 is 4.92 Å². The molecule has 10 heteroatoms. The quantitative estimate of drug-likeness (QED) is 0.359. The molecule has 0 bridgehead atoms. The van der Waals surface area contributed by atoms with Gasteiger partial charge in [0.2, 0.25) is 5.95 Å². The molecular weight excluding hydrogens is 396 g/mol. The minimum absolute atomic E-state index is 0.0730. The number of benzene rings is 2. The first-order valence-corrected chi connectivity index (χ1v) is 9.22. The highest BCUT2D eigenvalue weighted by molar-refractivity contribution is 5.66. The predicted octanol–water partition coefficient (Wildman–Crippen LogP) is 3.58. The molecule has 0 N–H and O–H groups in total. The van der Waals surface area contributed by atoms with Crippen molar-refractivity contribution in [2.75, 3.05) is 11.9 Å². The Morgan fingerprint density at radius 2 is 2.00 bits per heavy atom. The molecule has 0 saturated carbocycles. The van der Waals surface area contributed by atoms with Crippen molar-refractivity contribution in [1.29, 1.82) is 5.26 Å². The lowest BCUT2D eigenvalue weighted by Gasteiger charge is -2.14. The number of aromatic nitrogens is 5. The van der Waals surface area contributed by atoms with Crippen molar-refractivity contribution in [2.24, 2.45) is 0 Å². The van der Waals surface area contributed by atoms with E-state index in [4.69, 9.17) is 5.26 Å². The summed E-state index contributed by atoms with van der Waals surface area (Å²) in [5.74, 6) is 0.808. The number of aryl methyl sites for hydroxylation is 1. The van der Waals surface area contributed by atoms with E-state index in [2.05, 4.69) is 26.3 Å². The van der Waals surface area contributed by atoms with E-state index in [1.165, 1.54) is 10.7 Å². The second-order valence-electron chi connectivity index (χ2n) is 6.71. The third kappa shape index (κ3) is 3.79. The van der Waals surface area contributed by atoms with Crippen LogP contribution in [0.25, 0.3) is 16.9 Å². The molecule has 152 valence electrons. The molecule has 10 nitrogen and oxygen atoms in total. The Morgan fingerprint density at radius 3 is 2.74 bits per heavy atom. The summed E-state index contributed by atoms with van der Waals surface area (Å²) in [6.07, 6.45) is 3.21. The van der Waals surface area contributed by atoms with Crippen LogP contribution in [0.2, 0.25) is 0 Å². The maximum atomic E-state index is 11.3. The Morgan fingerprint density at radius 1 is 1.19 bits per heavy atom. The number of nitriles is 1. The molecule has 2 heterocycles. The molecule has 0 aliphatic rings. The number of nitro groups is 1. The van der Waals surface area contributed by atoms with Gasteiger partial charge in [-0.2, -0.15) is 5.26 Å². The second kappa shape index (κ2) is 8.00. The fourth-order valence-electron chi connectivity index (χ4n) is 3.12. The molecule has 2 aromatic carbocycles. The number of hydrogen-bond donors (Lipinski definition) is 0. The molecule has 0 aliphatic heterocycles.